The third kappa shape index (κ3) is 4.92. The Hall–Kier alpha value is -3.39. The first-order valence-corrected chi connectivity index (χ1v) is 11.4. The van der Waals surface area contributed by atoms with Gasteiger partial charge in [0.15, 0.2) is 11.6 Å². The summed E-state index contributed by atoms with van der Waals surface area (Å²) >= 11 is 0. The maximum atomic E-state index is 13.3. The van der Waals surface area contributed by atoms with Gasteiger partial charge in [-0.25, -0.2) is 4.99 Å². The van der Waals surface area contributed by atoms with Crippen LogP contribution < -0.4 is 10.1 Å². The molecule has 1 amide bonds. The first-order chi connectivity index (χ1) is 16.2. The molecule has 2 heterocycles. The molecular weight excluding hydrogens is 436 g/mol. The van der Waals surface area contributed by atoms with E-state index < -0.39 is 17.2 Å². The summed E-state index contributed by atoms with van der Waals surface area (Å²) in [6, 6.07) is 14.7. The van der Waals surface area contributed by atoms with Crippen molar-refractivity contribution in [2.24, 2.45) is 4.99 Å². The van der Waals surface area contributed by atoms with E-state index in [1.54, 1.807) is 12.1 Å². The molecule has 0 saturated carbocycles. The van der Waals surface area contributed by atoms with Crippen molar-refractivity contribution >= 4 is 23.5 Å². The lowest BCUT2D eigenvalue weighted by atomic mass is 9.80. The number of benzene rings is 2. The Morgan fingerprint density at radius 3 is 2.62 bits per heavy atom. The number of aliphatic hydroxyl groups excluding tert-OH is 1. The van der Waals surface area contributed by atoms with Crippen LogP contribution in [0.15, 0.2) is 53.5 Å². The zero-order valence-corrected chi connectivity index (χ0v) is 19.7. The monoisotopic (exact) mass is 466 g/mol. The minimum absolute atomic E-state index is 0.0289. The molecule has 0 saturated heterocycles. The van der Waals surface area contributed by atoms with Crippen molar-refractivity contribution < 1.29 is 28.9 Å². The number of aliphatic imine (C=N–C) groups is 1. The molecule has 0 fully saturated rings. The zero-order chi connectivity index (χ0) is 24.3. The number of aliphatic hydroxyl groups is 1. The van der Waals surface area contributed by atoms with Gasteiger partial charge in [-0.1, -0.05) is 18.2 Å². The van der Waals surface area contributed by atoms with Crippen LogP contribution in [0.2, 0.25) is 0 Å². The third-order valence-electron chi connectivity index (χ3n) is 5.65. The molecule has 0 bridgehead atoms. The first-order valence-electron chi connectivity index (χ1n) is 11.4. The highest BCUT2D eigenvalue weighted by Gasteiger charge is 2.56. The van der Waals surface area contributed by atoms with Crippen LogP contribution in [-0.2, 0) is 19.1 Å². The standard InChI is InChI=1S/C26H30N2O6/c1-25(2,3)34-21(30)13-14-26-22(19-7-4-5-8-20(19)27-24(26)31)33-23(28-26)17-9-11-18(12-10-17)32-16-6-15-29/h4-5,7-12,22,29H,6,13-16H2,1-3H3,(H,27,31)/t22-,26-/m0/s1. The van der Waals surface area contributed by atoms with Crippen molar-refractivity contribution in [2.45, 2.75) is 57.3 Å². The summed E-state index contributed by atoms with van der Waals surface area (Å²) < 4.78 is 17.3. The van der Waals surface area contributed by atoms with Crippen LogP contribution in [0.5, 0.6) is 5.75 Å². The normalized spacial score (nSPS) is 21.0. The Balaban J connectivity index is 1.62. The minimum Gasteiger partial charge on any atom is -0.494 e. The Morgan fingerprint density at radius 1 is 1.18 bits per heavy atom. The van der Waals surface area contributed by atoms with E-state index in [1.165, 1.54) is 0 Å². The van der Waals surface area contributed by atoms with Crippen molar-refractivity contribution in [1.29, 1.82) is 0 Å². The maximum absolute atomic E-state index is 13.3. The largest absolute Gasteiger partial charge is 0.494 e. The van der Waals surface area contributed by atoms with Crippen LogP contribution in [0, 0.1) is 0 Å². The number of amides is 1. The number of esters is 1. The molecule has 2 aliphatic rings. The number of hydrogen-bond donors (Lipinski definition) is 2. The lowest BCUT2D eigenvalue weighted by Crippen LogP contribution is -2.48. The Kier molecular flexibility index (Phi) is 6.61. The van der Waals surface area contributed by atoms with Crippen LogP contribution in [-0.4, -0.2) is 47.2 Å². The number of hydrogen-bond acceptors (Lipinski definition) is 7. The number of ether oxygens (including phenoxy) is 3. The Bertz CT molecular complexity index is 1090. The number of rotatable bonds is 8. The Labute approximate surface area is 198 Å². The molecule has 2 aromatic carbocycles. The van der Waals surface area contributed by atoms with Gasteiger partial charge in [0.2, 0.25) is 5.90 Å². The highest BCUT2D eigenvalue weighted by atomic mass is 16.6. The number of nitrogens with zero attached hydrogens (tertiary/aromatic N) is 1. The van der Waals surface area contributed by atoms with E-state index in [1.807, 2.05) is 57.2 Å². The molecule has 8 nitrogen and oxygen atoms in total. The van der Waals surface area contributed by atoms with E-state index in [9.17, 15) is 9.59 Å². The highest BCUT2D eigenvalue weighted by molar-refractivity contribution is 6.07. The number of para-hydroxylation sites is 1. The molecule has 0 spiro atoms. The molecule has 8 heteroatoms. The van der Waals surface area contributed by atoms with Gasteiger partial charge in [-0.2, -0.15) is 0 Å². The molecular formula is C26H30N2O6. The predicted octanol–water partition coefficient (Wildman–Crippen LogP) is 3.78. The van der Waals surface area contributed by atoms with Crippen LogP contribution in [0.1, 0.15) is 57.3 Å². The van der Waals surface area contributed by atoms with Gasteiger partial charge in [0.1, 0.15) is 11.4 Å². The van der Waals surface area contributed by atoms with Gasteiger partial charge in [0, 0.05) is 36.3 Å². The molecule has 34 heavy (non-hydrogen) atoms. The fraction of sp³-hybridized carbons (Fsp3) is 0.423. The molecule has 2 atom stereocenters. The van der Waals surface area contributed by atoms with Crippen LogP contribution in [0.25, 0.3) is 0 Å². The van der Waals surface area contributed by atoms with E-state index in [4.69, 9.17) is 24.3 Å². The van der Waals surface area contributed by atoms with Crippen LogP contribution in [0.4, 0.5) is 5.69 Å². The first kappa shape index (κ1) is 23.8. The molecule has 0 radical (unpaired) electrons. The van der Waals surface area contributed by atoms with Gasteiger partial charge >= 0.3 is 5.97 Å². The van der Waals surface area contributed by atoms with Gasteiger partial charge in [-0.05, 0) is 57.5 Å². The van der Waals surface area contributed by atoms with Gasteiger partial charge in [0.25, 0.3) is 5.91 Å². The van der Waals surface area contributed by atoms with Gasteiger partial charge in [0.05, 0.1) is 6.61 Å². The number of fused-ring (bicyclic) bond motifs is 3. The summed E-state index contributed by atoms with van der Waals surface area (Å²) in [4.78, 5) is 30.6. The molecule has 0 unspecified atom stereocenters. The van der Waals surface area contributed by atoms with E-state index in [-0.39, 0.29) is 31.3 Å². The Morgan fingerprint density at radius 2 is 1.91 bits per heavy atom. The van der Waals surface area contributed by atoms with Crippen molar-refractivity contribution in [1.82, 2.24) is 0 Å². The second kappa shape index (κ2) is 9.46. The molecule has 180 valence electrons. The predicted molar refractivity (Wildman–Crippen MR) is 127 cm³/mol. The molecule has 0 aliphatic carbocycles. The second-order valence-corrected chi connectivity index (χ2v) is 9.42. The average molecular weight is 467 g/mol. The third-order valence-corrected chi connectivity index (χ3v) is 5.65. The summed E-state index contributed by atoms with van der Waals surface area (Å²) in [7, 11) is 0. The van der Waals surface area contributed by atoms with E-state index in [0.29, 0.717) is 35.9 Å². The summed E-state index contributed by atoms with van der Waals surface area (Å²) in [5.74, 6) is 0.304. The van der Waals surface area contributed by atoms with E-state index >= 15 is 0 Å². The summed E-state index contributed by atoms with van der Waals surface area (Å²) in [6.07, 6.45) is 0.0728. The van der Waals surface area contributed by atoms with Crippen molar-refractivity contribution in [3.63, 3.8) is 0 Å². The number of carbonyl (C=O) groups excluding carboxylic acids is 2. The number of carbonyl (C=O) groups is 2. The van der Waals surface area contributed by atoms with E-state index in [0.717, 1.165) is 5.56 Å². The fourth-order valence-corrected chi connectivity index (χ4v) is 4.10. The molecule has 2 aromatic rings. The zero-order valence-electron chi connectivity index (χ0n) is 19.7. The van der Waals surface area contributed by atoms with Crippen molar-refractivity contribution in [2.75, 3.05) is 18.5 Å². The highest BCUT2D eigenvalue weighted by Crippen LogP contribution is 2.48. The SMILES string of the molecule is CC(C)(C)OC(=O)CC[C@]12N=C(c3ccc(OCCCO)cc3)O[C@H]1c1ccccc1NC2=O. The lowest BCUT2D eigenvalue weighted by Gasteiger charge is -2.35. The lowest BCUT2D eigenvalue weighted by molar-refractivity contribution is -0.155. The minimum atomic E-state index is -1.28. The average Bonchev–Trinajstić information content (AvgIpc) is 3.19. The summed E-state index contributed by atoms with van der Waals surface area (Å²) in [5, 5.41) is 11.8. The maximum Gasteiger partial charge on any atom is 0.306 e. The van der Waals surface area contributed by atoms with Gasteiger partial charge < -0.3 is 24.6 Å². The molecule has 4 rings (SSSR count). The molecule has 0 aromatic heterocycles. The molecule has 2 N–H and O–H groups in total. The fourth-order valence-electron chi connectivity index (χ4n) is 4.10. The summed E-state index contributed by atoms with van der Waals surface area (Å²) in [6.45, 7) is 5.91. The van der Waals surface area contributed by atoms with Crippen molar-refractivity contribution in [3.05, 3.63) is 59.7 Å². The van der Waals surface area contributed by atoms with Crippen LogP contribution in [0.3, 0.4) is 0 Å². The molecule has 2 aliphatic heterocycles. The van der Waals surface area contributed by atoms with Gasteiger partial charge in [-0.3, -0.25) is 9.59 Å². The topological polar surface area (TPSA) is 106 Å². The number of anilines is 1. The van der Waals surface area contributed by atoms with Crippen molar-refractivity contribution in [3.8, 4) is 5.75 Å². The van der Waals surface area contributed by atoms with Gasteiger partial charge in [-0.15, -0.1) is 0 Å². The summed E-state index contributed by atoms with van der Waals surface area (Å²) in [5.41, 5.74) is 0.294. The van der Waals surface area contributed by atoms with Crippen LogP contribution >= 0.6 is 0 Å². The number of nitrogens with one attached hydrogen (secondary N) is 1. The second-order valence-electron chi connectivity index (χ2n) is 9.42. The van der Waals surface area contributed by atoms with E-state index in [2.05, 4.69) is 5.32 Å². The quantitative estimate of drug-likeness (QED) is 0.453. The smallest absolute Gasteiger partial charge is 0.306 e.